The molecule has 0 spiro atoms. The molecule has 3 N–H and O–H groups in total. The van der Waals surface area contributed by atoms with Gasteiger partial charge in [0.25, 0.3) is 0 Å². The van der Waals surface area contributed by atoms with Crippen molar-refractivity contribution in [3.63, 3.8) is 0 Å². The van der Waals surface area contributed by atoms with Gasteiger partial charge in [0.1, 0.15) is 0 Å². The van der Waals surface area contributed by atoms with Crippen LogP contribution in [-0.2, 0) is 9.53 Å². The fourth-order valence-electron chi connectivity index (χ4n) is 1.52. The van der Waals surface area contributed by atoms with Crippen molar-refractivity contribution in [3.05, 3.63) is 0 Å². The van der Waals surface area contributed by atoms with Crippen molar-refractivity contribution in [1.82, 2.24) is 0 Å². The van der Waals surface area contributed by atoms with Crippen LogP contribution in [0.5, 0.6) is 0 Å². The van der Waals surface area contributed by atoms with Crippen LogP contribution in [0.25, 0.3) is 0 Å². The Bertz CT molecular complexity index is 172. The fourth-order valence-corrected chi connectivity index (χ4v) is 1.52. The average molecular weight is 187 g/mol. The van der Waals surface area contributed by atoms with E-state index in [1.54, 1.807) is 0 Å². The van der Waals surface area contributed by atoms with Gasteiger partial charge in [0, 0.05) is 13.0 Å². The lowest BCUT2D eigenvalue weighted by atomic mass is 10.1. The summed E-state index contributed by atoms with van der Waals surface area (Å²) in [6.45, 7) is 0.461. The highest BCUT2D eigenvalue weighted by atomic mass is 16.5. The fraction of sp³-hybridized carbons (Fsp3) is 0.889. The number of hydrogen-bond donors (Lipinski definition) is 2. The molecule has 1 fully saturated rings. The summed E-state index contributed by atoms with van der Waals surface area (Å²) in [5, 5.41) is 8.86. The summed E-state index contributed by atoms with van der Waals surface area (Å²) >= 11 is 0. The molecule has 76 valence electrons. The quantitative estimate of drug-likeness (QED) is 0.644. The minimum Gasteiger partial charge on any atom is -0.478 e. The van der Waals surface area contributed by atoms with Crippen LogP contribution in [0.3, 0.4) is 0 Å². The summed E-state index contributed by atoms with van der Waals surface area (Å²) in [7, 11) is 0. The zero-order valence-corrected chi connectivity index (χ0v) is 7.79. The molecule has 1 aliphatic rings. The minimum absolute atomic E-state index is 0.419. The van der Waals surface area contributed by atoms with E-state index in [1.165, 1.54) is 0 Å². The molecule has 1 heterocycles. The van der Waals surface area contributed by atoms with Crippen molar-refractivity contribution >= 4 is 5.97 Å². The number of carboxylic acid groups (broad SMARTS) is 1. The number of rotatable bonds is 1. The summed E-state index contributed by atoms with van der Waals surface area (Å²) in [6.07, 6.45) is 5.47. The van der Waals surface area contributed by atoms with Crippen molar-refractivity contribution in [3.8, 4) is 0 Å². The number of nitrogens with two attached hydrogens (primary N) is 1. The Labute approximate surface area is 78.1 Å². The SMILES string of the molecule is NC1(C(=O)O)CCCCCCCO1. The van der Waals surface area contributed by atoms with Gasteiger partial charge in [0.05, 0.1) is 0 Å². The molecule has 1 rings (SSSR count). The van der Waals surface area contributed by atoms with Gasteiger partial charge in [-0.3, -0.25) is 5.73 Å². The maximum Gasteiger partial charge on any atom is 0.351 e. The molecular weight excluding hydrogens is 170 g/mol. The number of carboxylic acids is 1. The molecule has 0 aromatic heterocycles. The molecule has 0 aliphatic carbocycles. The second-order valence-corrected chi connectivity index (χ2v) is 3.56. The third kappa shape index (κ3) is 2.97. The van der Waals surface area contributed by atoms with Crippen molar-refractivity contribution in [2.45, 2.75) is 44.2 Å². The van der Waals surface area contributed by atoms with E-state index >= 15 is 0 Å². The Kier molecular flexibility index (Phi) is 3.69. The van der Waals surface area contributed by atoms with Crippen molar-refractivity contribution < 1.29 is 14.6 Å². The van der Waals surface area contributed by atoms with Gasteiger partial charge in [0.2, 0.25) is 5.72 Å². The lowest BCUT2D eigenvalue weighted by molar-refractivity contribution is -0.166. The van der Waals surface area contributed by atoms with Crippen LogP contribution in [0.15, 0.2) is 0 Å². The smallest absolute Gasteiger partial charge is 0.351 e. The van der Waals surface area contributed by atoms with Crippen molar-refractivity contribution in [1.29, 1.82) is 0 Å². The van der Waals surface area contributed by atoms with Gasteiger partial charge < -0.3 is 9.84 Å². The molecule has 1 atom stereocenters. The molecule has 1 saturated heterocycles. The zero-order chi connectivity index (χ0) is 9.73. The lowest BCUT2D eigenvalue weighted by Gasteiger charge is -2.24. The highest BCUT2D eigenvalue weighted by molar-refractivity contribution is 5.76. The van der Waals surface area contributed by atoms with Gasteiger partial charge in [-0.1, -0.05) is 19.3 Å². The first-order valence-corrected chi connectivity index (χ1v) is 4.81. The van der Waals surface area contributed by atoms with Crippen molar-refractivity contribution in [2.75, 3.05) is 6.61 Å². The van der Waals surface area contributed by atoms with Gasteiger partial charge in [-0.25, -0.2) is 4.79 Å². The van der Waals surface area contributed by atoms with Crippen LogP contribution in [0.4, 0.5) is 0 Å². The Morgan fingerprint density at radius 2 is 1.85 bits per heavy atom. The monoisotopic (exact) mass is 187 g/mol. The normalized spacial score (nSPS) is 31.5. The van der Waals surface area contributed by atoms with Crippen LogP contribution in [0.1, 0.15) is 38.5 Å². The molecule has 1 unspecified atom stereocenters. The number of carbonyl (C=O) groups is 1. The molecule has 0 aromatic rings. The third-order valence-electron chi connectivity index (χ3n) is 2.41. The number of ether oxygens (including phenoxy) is 1. The number of aliphatic carboxylic acids is 1. The highest BCUT2D eigenvalue weighted by Gasteiger charge is 2.34. The topological polar surface area (TPSA) is 72.6 Å². The van der Waals surface area contributed by atoms with E-state index in [0.29, 0.717) is 13.0 Å². The molecular formula is C9H17NO3. The van der Waals surface area contributed by atoms with Crippen LogP contribution in [0.2, 0.25) is 0 Å². The predicted octanol–water partition coefficient (Wildman–Crippen LogP) is 1.10. The van der Waals surface area contributed by atoms with E-state index in [-0.39, 0.29) is 0 Å². The second-order valence-electron chi connectivity index (χ2n) is 3.56. The Morgan fingerprint density at radius 3 is 2.54 bits per heavy atom. The van der Waals surface area contributed by atoms with Crippen LogP contribution < -0.4 is 5.73 Å². The molecule has 4 heteroatoms. The molecule has 0 bridgehead atoms. The van der Waals surface area contributed by atoms with Gasteiger partial charge in [-0.15, -0.1) is 0 Å². The number of hydrogen-bond acceptors (Lipinski definition) is 3. The van der Waals surface area contributed by atoms with E-state index < -0.39 is 11.7 Å². The van der Waals surface area contributed by atoms with Gasteiger partial charge in [-0.05, 0) is 12.8 Å². The third-order valence-corrected chi connectivity index (χ3v) is 2.41. The summed E-state index contributed by atoms with van der Waals surface area (Å²) in [5.74, 6) is -1.05. The Balaban J connectivity index is 2.54. The van der Waals surface area contributed by atoms with Crippen LogP contribution in [-0.4, -0.2) is 23.4 Å². The largest absolute Gasteiger partial charge is 0.478 e. The van der Waals surface area contributed by atoms with Crippen LogP contribution >= 0.6 is 0 Å². The first-order chi connectivity index (χ1) is 6.15. The van der Waals surface area contributed by atoms with E-state index in [0.717, 1.165) is 32.1 Å². The Hall–Kier alpha value is -0.610. The minimum atomic E-state index is -1.44. The van der Waals surface area contributed by atoms with Crippen LogP contribution in [0, 0.1) is 0 Å². The first kappa shape index (κ1) is 10.5. The van der Waals surface area contributed by atoms with E-state index in [9.17, 15) is 4.79 Å². The average Bonchev–Trinajstić information content (AvgIpc) is 2.18. The summed E-state index contributed by atoms with van der Waals surface area (Å²) in [6, 6.07) is 0. The zero-order valence-electron chi connectivity index (χ0n) is 7.79. The first-order valence-electron chi connectivity index (χ1n) is 4.81. The summed E-state index contributed by atoms with van der Waals surface area (Å²) in [5.41, 5.74) is 4.18. The summed E-state index contributed by atoms with van der Waals surface area (Å²) in [4.78, 5) is 10.8. The summed E-state index contributed by atoms with van der Waals surface area (Å²) < 4.78 is 5.19. The molecule has 0 amide bonds. The van der Waals surface area contributed by atoms with E-state index in [2.05, 4.69) is 0 Å². The molecule has 4 nitrogen and oxygen atoms in total. The highest BCUT2D eigenvalue weighted by Crippen LogP contribution is 2.18. The molecule has 0 radical (unpaired) electrons. The maximum absolute atomic E-state index is 10.8. The Morgan fingerprint density at radius 1 is 1.23 bits per heavy atom. The molecule has 0 aromatic carbocycles. The van der Waals surface area contributed by atoms with Gasteiger partial charge in [-0.2, -0.15) is 0 Å². The molecule has 0 saturated carbocycles. The van der Waals surface area contributed by atoms with E-state index in [4.69, 9.17) is 15.6 Å². The second kappa shape index (κ2) is 4.58. The maximum atomic E-state index is 10.8. The van der Waals surface area contributed by atoms with Gasteiger partial charge in [0.15, 0.2) is 0 Å². The van der Waals surface area contributed by atoms with Gasteiger partial charge >= 0.3 is 5.97 Å². The molecule has 1 aliphatic heterocycles. The van der Waals surface area contributed by atoms with E-state index in [1.807, 2.05) is 0 Å². The standard InChI is InChI=1S/C9H17NO3/c10-9(8(11)12)6-4-2-1-3-5-7-13-9/h1-7,10H2,(H,11,12). The van der Waals surface area contributed by atoms with Crippen molar-refractivity contribution in [2.24, 2.45) is 5.73 Å². The lowest BCUT2D eigenvalue weighted by Crippen LogP contribution is -2.50. The predicted molar refractivity (Wildman–Crippen MR) is 48.2 cm³/mol. The molecule has 13 heavy (non-hydrogen) atoms.